The number of carbonyl (C=O) groups is 1. The average Bonchev–Trinajstić information content (AvgIpc) is 2.93. The summed E-state index contributed by atoms with van der Waals surface area (Å²) in [6, 6.07) is 5.34. The molecule has 1 aliphatic heterocycles. The van der Waals surface area contributed by atoms with Gasteiger partial charge in [-0.05, 0) is 18.2 Å². The molecular formula is C14H17N3O3. The molecule has 2 aromatic rings. The summed E-state index contributed by atoms with van der Waals surface area (Å²) in [7, 11) is 0. The lowest BCUT2D eigenvalue weighted by molar-refractivity contribution is -0.0605. The number of fused-ring (bicyclic) bond motifs is 1. The van der Waals surface area contributed by atoms with E-state index < -0.39 is 5.60 Å². The Labute approximate surface area is 116 Å². The van der Waals surface area contributed by atoms with Gasteiger partial charge in [0.2, 0.25) is 0 Å². The monoisotopic (exact) mass is 275 g/mol. The third kappa shape index (κ3) is 2.66. The second kappa shape index (κ2) is 5.22. The summed E-state index contributed by atoms with van der Waals surface area (Å²) < 4.78 is 5.21. The minimum Gasteiger partial charge on any atom is -0.388 e. The highest BCUT2D eigenvalue weighted by atomic mass is 16.5. The summed E-state index contributed by atoms with van der Waals surface area (Å²) >= 11 is 0. The van der Waals surface area contributed by atoms with Gasteiger partial charge in [0.05, 0.1) is 17.3 Å². The molecule has 1 fully saturated rings. The highest BCUT2D eigenvalue weighted by molar-refractivity contribution is 5.97. The van der Waals surface area contributed by atoms with Crippen LogP contribution < -0.4 is 5.32 Å². The Kier molecular flexibility index (Phi) is 3.42. The van der Waals surface area contributed by atoms with Gasteiger partial charge in [-0.3, -0.25) is 9.89 Å². The van der Waals surface area contributed by atoms with Crippen LogP contribution in [0.1, 0.15) is 23.2 Å². The molecule has 0 saturated carbocycles. The van der Waals surface area contributed by atoms with E-state index in [-0.39, 0.29) is 12.5 Å². The third-order valence-electron chi connectivity index (χ3n) is 3.70. The number of amides is 1. The number of benzene rings is 1. The van der Waals surface area contributed by atoms with Crippen molar-refractivity contribution in [1.29, 1.82) is 0 Å². The van der Waals surface area contributed by atoms with Crippen molar-refractivity contribution in [2.45, 2.75) is 18.4 Å². The number of rotatable bonds is 3. The zero-order valence-corrected chi connectivity index (χ0v) is 11.1. The lowest BCUT2D eigenvalue weighted by Gasteiger charge is -2.32. The van der Waals surface area contributed by atoms with Crippen LogP contribution in [-0.4, -0.2) is 46.6 Å². The molecule has 20 heavy (non-hydrogen) atoms. The summed E-state index contributed by atoms with van der Waals surface area (Å²) in [5.74, 6) is -0.187. The smallest absolute Gasteiger partial charge is 0.251 e. The molecule has 1 aromatic carbocycles. The van der Waals surface area contributed by atoms with Crippen LogP contribution in [0.3, 0.4) is 0 Å². The molecule has 0 atom stereocenters. The summed E-state index contributed by atoms with van der Waals surface area (Å²) in [4.78, 5) is 12.1. The number of nitrogens with one attached hydrogen (secondary N) is 2. The van der Waals surface area contributed by atoms with Crippen LogP contribution in [0.15, 0.2) is 24.4 Å². The Morgan fingerprint density at radius 2 is 2.25 bits per heavy atom. The molecule has 1 saturated heterocycles. The molecule has 1 amide bonds. The first-order valence-electron chi connectivity index (χ1n) is 6.68. The maximum atomic E-state index is 12.1. The number of H-pyrrole nitrogens is 1. The van der Waals surface area contributed by atoms with Gasteiger partial charge in [-0.25, -0.2) is 0 Å². The van der Waals surface area contributed by atoms with Gasteiger partial charge in [-0.1, -0.05) is 0 Å². The Morgan fingerprint density at radius 3 is 3.05 bits per heavy atom. The fourth-order valence-corrected chi connectivity index (χ4v) is 2.36. The number of aromatic nitrogens is 2. The Morgan fingerprint density at radius 1 is 1.45 bits per heavy atom. The second-order valence-corrected chi connectivity index (χ2v) is 5.19. The molecule has 3 N–H and O–H groups in total. The molecule has 1 aliphatic rings. The van der Waals surface area contributed by atoms with Crippen molar-refractivity contribution in [1.82, 2.24) is 15.5 Å². The van der Waals surface area contributed by atoms with Gasteiger partial charge in [-0.15, -0.1) is 0 Å². The minimum absolute atomic E-state index is 0.187. The topological polar surface area (TPSA) is 87.2 Å². The van der Waals surface area contributed by atoms with Crippen LogP contribution in [0, 0.1) is 0 Å². The molecule has 6 heteroatoms. The minimum atomic E-state index is -0.854. The van der Waals surface area contributed by atoms with E-state index in [0.29, 0.717) is 31.6 Å². The van der Waals surface area contributed by atoms with Gasteiger partial charge >= 0.3 is 0 Å². The Balaban J connectivity index is 1.66. The van der Waals surface area contributed by atoms with Crippen molar-refractivity contribution >= 4 is 16.8 Å². The van der Waals surface area contributed by atoms with Crippen LogP contribution in [-0.2, 0) is 4.74 Å². The van der Waals surface area contributed by atoms with E-state index in [1.165, 1.54) is 0 Å². The zero-order chi connectivity index (χ0) is 14.0. The molecule has 1 aromatic heterocycles. The molecule has 0 bridgehead atoms. The van der Waals surface area contributed by atoms with Gasteiger partial charge in [-0.2, -0.15) is 5.10 Å². The highest BCUT2D eigenvalue weighted by Crippen LogP contribution is 2.19. The summed E-state index contributed by atoms with van der Waals surface area (Å²) in [5.41, 5.74) is 0.604. The van der Waals surface area contributed by atoms with Crippen molar-refractivity contribution in [3.8, 4) is 0 Å². The number of hydrogen-bond acceptors (Lipinski definition) is 4. The highest BCUT2D eigenvalue weighted by Gasteiger charge is 2.30. The van der Waals surface area contributed by atoms with Gasteiger partial charge < -0.3 is 15.2 Å². The van der Waals surface area contributed by atoms with Gasteiger partial charge in [0.1, 0.15) is 0 Å². The van der Waals surface area contributed by atoms with Crippen LogP contribution in [0.25, 0.3) is 10.9 Å². The summed E-state index contributed by atoms with van der Waals surface area (Å²) in [6.45, 7) is 1.32. The van der Waals surface area contributed by atoms with E-state index in [9.17, 15) is 9.90 Å². The molecular weight excluding hydrogens is 258 g/mol. The number of ether oxygens (including phenoxy) is 1. The number of hydrogen-bond donors (Lipinski definition) is 3. The molecule has 0 unspecified atom stereocenters. The third-order valence-corrected chi connectivity index (χ3v) is 3.70. The standard InChI is InChI=1S/C14H17N3O3/c18-13(15-9-14(19)3-5-20-6-4-14)10-1-2-12-11(7-10)8-16-17-12/h1-2,7-8,19H,3-6,9H2,(H,15,18)(H,16,17). The normalized spacial score (nSPS) is 18.1. The van der Waals surface area contributed by atoms with Gasteiger partial charge in [0.25, 0.3) is 5.91 Å². The largest absolute Gasteiger partial charge is 0.388 e. The Bertz CT molecular complexity index is 617. The van der Waals surface area contributed by atoms with E-state index in [1.807, 2.05) is 6.07 Å². The molecule has 0 aliphatic carbocycles. The number of nitrogens with zero attached hydrogens (tertiary/aromatic N) is 1. The van der Waals surface area contributed by atoms with Gasteiger partial charge in [0.15, 0.2) is 0 Å². The predicted molar refractivity (Wildman–Crippen MR) is 73.4 cm³/mol. The lowest BCUT2D eigenvalue weighted by atomic mass is 9.94. The van der Waals surface area contributed by atoms with Crippen molar-refractivity contribution in [3.05, 3.63) is 30.0 Å². The van der Waals surface area contributed by atoms with Crippen molar-refractivity contribution in [3.63, 3.8) is 0 Å². The molecule has 3 rings (SSSR count). The molecule has 0 spiro atoms. The van der Waals surface area contributed by atoms with Crippen LogP contribution in [0.4, 0.5) is 0 Å². The predicted octanol–water partition coefficient (Wildman–Crippen LogP) is 0.834. The maximum absolute atomic E-state index is 12.1. The summed E-state index contributed by atoms with van der Waals surface area (Å²) in [5, 5.41) is 20.7. The number of carbonyl (C=O) groups excluding carboxylic acids is 1. The SMILES string of the molecule is O=C(NCC1(O)CCOCC1)c1ccc2[nH]ncc2c1. The summed E-state index contributed by atoms with van der Waals surface area (Å²) in [6.07, 6.45) is 2.78. The lowest BCUT2D eigenvalue weighted by Crippen LogP contribution is -2.46. The zero-order valence-electron chi connectivity index (χ0n) is 11.1. The number of aliphatic hydroxyl groups is 1. The molecule has 0 radical (unpaired) electrons. The molecule has 6 nitrogen and oxygen atoms in total. The van der Waals surface area contributed by atoms with E-state index in [2.05, 4.69) is 15.5 Å². The fraction of sp³-hybridized carbons (Fsp3) is 0.429. The maximum Gasteiger partial charge on any atom is 0.251 e. The van der Waals surface area contributed by atoms with E-state index >= 15 is 0 Å². The number of aromatic amines is 1. The second-order valence-electron chi connectivity index (χ2n) is 5.19. The van der Waals surface area contributed by atoms with Crippen molar-refractivity contribution in [2.75, 3.05) is 19.8 Å². The molecule has 2 heterocycles. The van der Waals surface area contributed by atoms with Crippen molar-refractivity contribution < 1.29 is 14.6 Å². The van der Waals surface area contributed by atoms with Gasteiger partial charge in [0, 0.05) is 43.5 Å². The quantitative estimate of drug-likeness (QED) is 0.774. The molecule has 106 valence electrons. The Hall–Kier alpha value is -1.92. The van der Waals surface area contributed by atoms with Crippen LogP contribution in [0.5, 0.6) is 0 Å². The fourth-order valence-electron chi connectivity index (χ4n) is 2.36. The average molecular weight is 275 g/mol. The van der Waals surface area contributed by atoms with E-state index in [1.54, 1.807) is 18.3 Å². The first kappa shape index (κ1) is 13.1. The van der Waals surface area contributed by atoms with Crippen molar-refractivity contribution in [2.24, 2.45) is 0 Å². The van der Waals surface area contributed by atoms with E-state index in [4.69, 9.17) is 4.74 Å². The van der Waals surface area contributed by atoms with Crippen LogP contribution in [0.2, 0.25) is 0 Å². The van der Waals surface area contributed by atoms with E-state index in [0.717, 1.165) is 10.9 Å². The first-order valence-corrected chi connectivity index (χ1v) is 6.68. The van der Waals surface area contributed by atoms with Crippen LogP contribution >= 0.6 is 0 Å². The first-order chi connectivity index (χ1) is 9.66.